The first kappa shape index (κ1) is 17.5. The predicted molar refractivity (Wildman–Crippen MR) is 93.2 cm³/mol. The van der Waals surface area contributed by atoms with E-state index in [2.05, 4.69) is 4.98 Å². The largest absolute Gasteiger partial charge is 0.473 e. The van der Waals surface area contributed by atoms with Crippen LogP contribution in [0.1, 0.15) is 12.0 Å². The number of hydrogen-bond donors (Lipinski definition) is 0. The molecule has 0 saturated carbocycles. The molecule has 5 nitrogen and oxygen atoms in total. The van der Waals surface area contributed by atoms with Gasteiger partial charge >= 0.3 is 0 Å². The van der Waals surface area contributed by atoms with Crippen molar-refractivity contribution in [3.63, 3.8) is 0 Å². The van der Waals surface area contributed by atoms with E-state index in [1.807, 2.05) is 6.07 Å². The van der Waals surface area contributed by atoms with Gasteiger partial charge in [-0.25, -0.2) is 13.4 Å². The molecule has 8 heteroatoms. The van der Waals surface area contributed by atoms with Crippen LogP contribution in [0, 0.1) is 6.92 Å². The number of pyridine rings is 1. The lowest BCUT2D eigenvalue weighted by atomic mass is 10.2. The standard InChI is InChI=1S/C16H16Cl2N2O3S/c1-11-8-15(14(18)9-13(11)17)24(21,22)20-7-5-12(10-20)23-16-4-2-3-6-19-16/h2-4,6,8-9,12H,5,7,10H2,1H3. The minimum absolute atomic E-state index is 0.0737. The number of ether oxygens (including phenoxy) is 1. The molecule has 1 unspecified atom stereocenters. The summed E-state index contributed by atoms with van der Waals surface area (Å²) in [7, 11) is -3.69. The molecule has 0 N–H and O–H groups in total. The summed E-state index contributed by atoms with van der Waals surface area (Å²) in [4.78, 5) is 4.17. The monoisotopic (exact) mass is 386 g/mol. The Bertz CT molecular complexity index is 844. The van der Waals surface area contributed by atoms with Crippen molar-refractivity contribution in [2.24, 2.45) is 0 Å². The van der Waals surface area contributed by atoms with Crippen molar-refractivity contribution in [2.45, 2.75) is 24.3 Å². The molecule has 2 heterocycles. The maximum absolute atomic E-state index is 12.8. The van der Waals surface area contributed by atoms with E-state index in [1.54, 1.807) is 25.3 Å². The summed E-state index contributed by atoms with van der Waals surface area (Å²) in [5.41, 5.74) is 0.667. The molecule has 0 bridgehead atoms. The van der Waals surface area contributed by atoms with E-state index in [0.29, 0.717) is 29.4 Å². The minimum Gasteiger partial charge on any atom is -0.473 e. The third kappa shape index (κ3) is 3.52. The van der Waals surface area contributed by atoms with Gasteiger partial charge in [-0.3, -0.25) is 0 Å². The van der Waals surface area contributed by atoms with E-state index in [9.17, 15) is 8.42 Å². The fraction of sp³-hybridized carbons (Fsp3) is 0.312. The number of nitrogens with zero attached hydrogens (tertiary/aromatic N) is 2. The molecule has 24 heavy (non-hydrogen) atoms. The molecular formula is C16H16Cl2N2O3S. The number of aromatic nitrogens is 1. The minimum atomic E-state index is -3.69. The SMILES string of the molecule is Cc1cc(S(=O)(=O)N2CCC(Oc3ccccn3)C2)c(Cl)cc1Cl. The van der Waals surface area contributed by atoms with Gasteiger partial charge in [-0.2, -0.15) is 4.31 Å². The fourth-order valence-corrected chi connectivity index (χ4v) is 4.86. The van der Waals surface area contributed by atoms with Crippen molar-refractivity contribution >= 4 is 33.2 Å². The molecule has 1 aliphatic rings. The Morgan fingerprint density at radius 1 is 1.25 bits per heavy atom. The van der Waals surface area contributed by atoms with Crippen molar-refractivity contribution in [3.8, 4) is 5.88 Å². The Morgan fingerprint density at radius 3 is 2.75 bits per heavy atom. The first-order valence-corrected chi connectivity index (χ1v) is 9.61. The molecular weight excluding hydrogens is 371 g/mol. The van der Waals surface area contributed by atoms with Crippen LogP contribution in [-0.4, -0.2) is 36.9 Å². The molecule has 0 aliphatic carbocycles. The first-order valence-electron chi connectivity index (χ1n) is 7.41. The maximum atomic E-state index is 12.8. The number of benzene rings is 1. The van der Waals surface area contributed by atoms with Crippen molar-refractivity contribution in [2.75, 3.05) is 13.1 Å². The smallest absolute Gasteiger partial charge is 0.244 e. The van der Waals surface area contributed by atoms with Crippen molar-refractivity contribution in [1.29, 1.82) is 0 Å². The maximum Gasteiger partial charge on any atom is 0.244 e. The second-order valence-electron chi connectivity index (χ2n) is 5.59. The Kier molecular flexibility index (Phi) is 5.01. The van der Waals surface area contributed by atoms with Crippen LogP contribution < -0.4 is 4.74 Å². The van der Waals surface area contributed by atoms with E-state index in [-0.39, 0.29) is 22.6 Å². The number of rotatable bonds is 4. The molecule has 0 spiro atoms. The zero-order chi connectivity index (χ0) is 17.3. The van der Waals surface area contributed by atoms with Gasteiger partial charge in [0, 0.05) is 23.8 Å². The third-order valence-corrected chi connectivity index (χ3v) is 6.60. The van der Waals surface area contributed by atoms with Crippen molar-refractivity contribution in [1.82, 2.24) is 9.29 Å². The quantitative estimate of drug-likeness (QED) is 0.805. The molecule has 3 rings (SSSR count). The van der Waals surface area contributed by atoms with E-state index >= 15 is 0 Å². The van der Waals surface area contributed by atoms with Crippen molar-refractivity contribution in [3.05, 3.63) is 52.1 Å². The second-order valence-corrected chi connectivity index (χ2v) is 8.31. The lowest BCUT2D eigenvalue weighted by Gasteiger charge is -2.18. The van der Waals surface area contributed by atoms with Gasteiger partial charge < -0.3 is 4.74 Å². The molecule has 1 saturated heterocycles. The van der Waals surface area contributed by atoms with Gasteiger partial charge in [-0.05, 0) is 37.1 Å². The van der Waals surface area contributed by atoms with Crippen LogP contribution in [0.4, 0.5) is 0 Å². The highest BCUT2D eigenvalue weighted by Gasteiger charge is 2.35. The molecule has 1 aromatic carbocycles. The van der Waals surface area contributed by atoms with Crippen molar-refractivity contribution < 1.29 is 13.2 Å². The van der Waals surface area contributed by atoms with Gasteiger partial charge in [0.05, 0.1) is 11.6 Å². The topological polar surface area (TPSA) is 59.5 Å². The Balaban J connectivity index is 1.78. The zero-order valence-corrected chi connectivity index (χ0v) is 15.3. The van der Waals surface area contributed by atoms with Crippen LogP contribution in [0.25, 0.3) is 0 Å². The molecule has 0 radical (unpaired) electrons. The molecule has 128 valence electrons. The van der Waals surface area contributed by atoms with E-state index < -0.39 is 10.0 Å². The zero-order valence-electron chi connectivity index (χ0n) is 12.9. The Labute approximate surface area is 151 Å². The van der Waals surface area contributed by atoms with Crippen LogP contribution in [0.3, 0.4) is 0 Å². The molecule has 1 fully saturated rings. The fourth-order valence-electron chi connectivity index (χ4n) is 2.57. The molecule has 1 atom stereocenters. The van der Waals surface area contributed by atoms with E-state index in [4.69, 9.17) is 27.9 Å². The van der Waals surface area contributed by atoms with Crippen LogP contribution in [0.5, 0.6) is 5.88 Å². The normalized spacial score (nSPS) is 18.7. The molecule has 1 aromatic heterocycles. The van der Waals surface area contributed by atoms with Crippen LogP contribution in [0.2, 0.25) is 10.0 Å². The Morgan fingerprint density at radius 2 is 2.04 bits per heavy atom. The summed E-state index contributed by atoms with van der Waals surface area (Å²) >= 11 is 12.1. The van der Waals surface area contributed by atoms with E-state index in [0.717, 1.165) is 0 Å². The summed E-state index contributed by atoms with van der Waals surface area (Å²) in [5.74, 6) is 0.488. The Hall–Kier alpha value is -1.34. The summed E-state index contributed by atoms with van der Waals surface area (Å²) in [5, 5.41) is 0.566. The van der Waals surface area contributed by atoms with Crippen LogP contribution in [-0.2, 0) is 10.0 Å². The second kappa shape index (κ2) is 6.88. The molecule has 1 aliphatic heterocycles. The highest BCUT2D eigenvalue weighted by Crippen LogP contribution is 2.32. The number of sulfonamides is 1. The van der Waals surface area contributed by atoms with Gasteiger partial charge in [-0.1, -0.05) is 29.3 Å². The van der Waals surface area contributed by atoms with Crippen LogP contribution >= 0.6 is 23.2 Å². The molecule has 2 aromatic rings. The van der Waals surface area contributed by atoms with Gasteiger partial charge in [0.1, 0.15) is 11.0 Å². The predicted octanol–water partition coefficient (Wildman–Crippen LogP) is 3.54. The first-order chi connectivity index (χ1) is 11.4. The summed E-state index contributed by atoms with van der Waals surface area (Å²) < 4.78 is 32.8. The summed E-state index contributed by atoms with van der Waals surface area (Å²) in [6.07, 6.45) is 2.00. The van der Waals surface area contributed by atoms with Gasteiger partial charge in [0.25, 0.3) is 0 Å². The summed E-state index contributed by atoms with van der Waals surface area (Å²) in [6.45, 7) is 2.38. The highest BCUT2D eigenvalue weighted by molar-refractivity contribution is 7.89. The third-order valence-electron chi connectivity index (χ3n) is 3.86. The van der Waals surface area contributed by atoms with Gasteiger partial charge in [0.2, 0.25) is 15.9 Å². The highest BCUT2D eigenvalue weighted by atomic mass is 35.5. The van der Waals surface area contributed by atoms with Crippen LogP contribution in [0.15, 0.2) is 41.4 Å². The van der Waals surface area contributed by atoms with Gasteiger partial charge in [0.15, 0.2) is 0 Å². The number of hydrogen-bond acceptors (Lipinski definition) is 4. The average Bonchev–Trinajstić information content (AvgIpc) is 3.01. The average molecular weight is 387 g/mol. The van der Waals surface area contributed by atoms with E-state index in [1.165, 1.54) is 16.4 Å². The number of aryl methyl sites for hydroxylation is 1. The lowest BCUT2D eigenvalue weighted by molar-refractivity contribution is 0.207. The number of halogens is 2. The van der Waals surface area contributed by atoms with Gasteiger partial charge in [-0.15, -0.1) is 0 Å². The molecule has 0 amide bonds. The summed E-state index contributed by atoms with van der Waals surface area (Å²) in [6, 6.07) is 8.33. The lowest BCUT2D eigenvalue weighted by Crippen LogP contribution is -2.31.